The van der Waals surface area contributed by atoms with Gasteiger partial charge in [0.1, 0.15) is 5.88 Å². The van der Waals surface area contributed by atoms with Crippen LogP contribution in [0.25, 0.3) is 0 Å². The standard InChI is InChI=1S/C13H16ClNO2/c14-9-13(16)15-6-7-17-12(10-15)8-11-4-2-1-3-5-11/h1-5,12H,6-10H2/t12-/m1/s1. The third-order valence-corrected chi connectivity index (χ3v) is 3.14. The zero-order valence-corrected chi connectivity index (χ0v) is 10.4. The zero-order valence-electron chi connectivity index (χ0n) is 9.64. The predicted molar refractivity (Wildman–Crippen MR) is 67.2 cm³/mol. The summed E-state index contributed by atoms with van der Waals surface area (Å²) in [7, 11) is 0. The highest BCUT2D eigenvalue weighted by Gasteiger charge is 2.23. The van der Waals surface area contributed by atoms with Crippen molar-refractivity contribution < 1.29 is 9.53 Å². The van der Waals surface area contributed by atoms with Crippen LogP contribution in [-0.2, 0) is 16.0 Å². The highest BCUT2D eigenvalue weighted by atomic mass is 35.5. The summed E-state index contributed by atoms with van der Waals surface area (Å²) < 4.78 is 5.67. The fourth-order valence-corrected chi connectivity index (χ4v) is 2.20. The summed E-state index contributed by atoms with van der Waals surface area (Å²) >= 11 is 5.56. The van der Waals surface area contributed by atoms with Gasteiger partial charge in [-0.15, -0.1) is 11.6 Å². The Labute approximate surface area is 106 Å². The van der Waals surface area contributed by atoms with Crippen molar-refractivity contribution in [2.45, 2.75) is 12.5 Å². The van der Waals surface area contributed by atoms with Crippen molar-refractivity contribution in [1.82, 2.24) is 4.90 Å². The second-order valence-electron chi connectivity index (χ2n) is 4.16. The summed E-state index contributed by atoms with van der Waals surface area (Å²) in [5.74, 6) is 0.0472. The zero-order chi connectivity index (χ0) is 12.1. The Morgan fingerprint density at radius 1 is 1.41 bits per heavy atom. The van der Waals surface area contributed by atoms with E-state index < -0.39 is 0 Å². The highest BCUT2D eigenvalue weighted by Crippen LogP contribution is 2.12. The van der Waals surface area contributed by atoms with Crippen molar-refractivity contribution in [2.24, 2.45) is 0 Å². The molecule has 3 nitrogen and oxygen atoms in total. The normalized spacial score (nSPS) is 20.3. The highest BCUT2D eigenvalue weighted by molar-refractivity contribution is 6.27. The van der Waals surface area contributed by atoms with Crippen molar-refractivity contribution in [3.8, 4) is 0 Å². The molecular formula is C13H16ClNO2. The van der Waals surface area contributed by atoms with Crippen LogP contribution < -0.4 is 0 Å². The smallest absolute Gasteiger partial charge is 0.237 e. The van der Waals surface area contributed by atoms with E-state index in [1.165, 1.54) is 5.56 Å². The number of carbonyl (C=O) groups excluding carboxylic acids is 1. The van der Waals surface area contributed by atoms with E-state index in [4.69, 9.17) is 16.3 Å². The second kappa shape index (κ2) is 6.03. The maximum Gasteiger partial charge on any atom is 0.237 e. The van der Waals surface area contributed by atoms with Gasteiger partial charge < -0.3 is 9.64 Å². The molecule has 1 amide bonds. The number of amides is 1. The summed E-state index contributed by atoms with van der Waals surface area (Å²) in [6.45, 7) is 1.89. The first-order valence-corrected chi connectivity index (χ1v) is 6.32. The topological polar surface area (TPSA) is 29.5 Å². The van der Waals surface area contributed by atoms with Crippen LogP contribution in [0, 0.1) is 0 Å². The Morgan fingerprint density at radius 3 is 2.88 bits per heavy atom. The van der Waals surface area contributed by atoms with Crippen LogP contribution >= 0.6 is 11.6 Å². The van der Waals surface area contributed by atoms with Gasteiger partial charge in [-0.3, -0.25) is 4.79 Å². The first kappa shape index (κ1) is 12.4. The average Bonchev–Trinajstić information content (AvgIpc) is 2.39. The summed E-state index contributed by atoms with van der Waals surface area (Å²) in [5.41, 5.74) is 1.23. The molecule has 1 atom stereocenters. The van der Waals surface area contributed by atoms with Gasteiger partial charge in [-0.05, 0) is 5.56 Å². The van der Waals surface area contributed by atoms with E-state index in [-0.39, 0.29) is 17.9 Å². The van der Waals surface area contributed by atoms with Crippen LogP contribution in [-0.4, -0.2) is 42.5 Å². The van der Waals surface area contributed by atoms with E-state index in [2.05, 4.69) is 12.1 Å². The van der Waals surface area contributed by atoms with Gasteiger partial charge in [0.05, 0.1) is 12.7 Å². The van der Waals surface area contributed by atoms with E-state index in [0.29, 0.717) is 19.7 Å². The lowest BCUT2D eigenvalue weighted by Gasteiger charge is -2.32. The van der Waals surface area contributed by atoms with E-state index in [1.807, 2.05) is 18.2 Å². The van der Waals surface area contributed by atoms with Crippen LogP contribution in [0.2, 0.25) is 0 Å². The van der Waals surface area contributed by atoms with Gasteiger partial charge in [-0.25, -0.2) is 0 Å². The van der Waals surface area contributed by atoms with Gasteiger partial charge in [-0.2, -0.15) is 0 Å². The molecule has 0 spiro atoms. The first-order valence-electron chi connectivity index (χ1n) is 5.79. The molecule has 0 saturated carbocycles. The first-order chi connectivity index (χ1) is 8.29. The number of morpholine rings is 1. The SMILES string of the molecule is O=C(CCl)N1CCO[C@H](Cc2ccccc2)C1. The van der Waals surface area contributed by atoms with Crippen LogP contribution in [0.15, 0.2) is 30.3 Å². The van der Waals surface area contributed by atoms with Gasteiger partial charge in [0.2, 0.25) is 5.91 Å². The lowest BCUT2D eigenvalue weighted by atomic mass is 10.1. The molecule has 0 aliphatic carbocycles. The predicted octanol–water partition coefficient (Wildman–Crippen LogP) is 1.70. The number of halogens is 1. The minimum atomic E-state index is -0.00646. The van der Waals surface area contributed by atoms with Crippen molar-refractivity contribution in [3.63, 3.8) is 0 Å². The molecular weight excluding hydrogens is 238 g/mol. The molecule has 2 rings (SSSR count). The Balaban J connectivity index is 1.92. The quantitative estimate of drug-likeness (QED) is 0.768. The fraction of sp³-hybridized carbons (Fsp3) is 0.462. The molecule has 1 saturated heterocycles. The molecule has 1 aromatic rings. The number of nitrogens with zero attached hydrogens (tertiary/aromatic N) is 1. The molecule has 1 aliphatic rings. The Kier molecular flexibility index (Phi) is 4.40. The second-order valence-corrected chi connectivity index (χ2v) is 4.42. The third-order valence-electron chi connectivity index (χ3n) is 2.91. The van der Waals surface area contributed by atoms with Crippen LogP contribution in [0.1, 0.15) is 5.56 Å². The molecule has 4 heteroatoms. The molecule has 0 unspecified atom stereocenters. The lowest BCUT2D eigenvalue weighted by molar-refractivity contribution is -0.135. The van der Waals surface area contributed by atoms with Crippen molar-refractivity contribution in [1.29, 1.82) is 0 Å². The number of ether oxygens (including phenoxy) is 1. The summed E-state index contributed by atoms with van der Waals surface area (Å²) in [5, 5.41) is 0. The Hall–Kier alpha value is -1.06. The number of carbonyl (C=O) groups is 1. The Morgan fingerprint density at radius 2 is 2.18 bits per heavy atom. The molecule has 0 N–H and O–H groups in total. The molecule has 0 aromatic heterocycles. The minimum Gasteiger partial charge on any atom is -0.374 e. The molecule has 1 aromatic carbocycles. The van der Waals surface area contributed by atoms with E-state index in [9.17, 15) is 4.79 Å². The monoisotopic (exact) mass is 253 g/mol. The number of rotatable bonds is 3. The van der Waals surface area contributed by atoms with Crippen molar-refractivity contribution in [3.05, 3.63) is 35.9 Å². The van der Waals surface area contributed by atoms with Gasteiger partial charge in [0, 0.05) is 19.5 Å². The molecule has 17 heavy (non-hydrogen) atoms. The molecule has 92 valence electrons. The van der Waals surface area contributed by atoms with Gasteiger partial charge in [-0.1, -0.05) is 30.3 Å². The summed E-state index contributed by atoms with van der Waals surface area (Å²) in [6.07, 6.45) is 0.922. The fourth-order valence-electron chi connectivity index (χ4n) is 2.03. The Bertz CT molecular complexity index is 369. The van der Waals surface area contributed by atoms with Gasteiger partial charge >= 0.3 is 0 Å². The minimum absolute atomic E-state index is 0.00646. The molecule has 0 bridgehead atoms. The number of hydrogen-bond donors (Lipinski definition) is 0. The van der Waals surface area contributed by atoms with E-state index >= 15 is 0 Å². The van der Waals surface area contributed by atoms with E-state index in [0.717, 1.165) is 6.42 Å². The molecule has 1 aliphatic heterocycles. The molecule has 1 heterocycles. The van der Waals surface area contributed by atoms with Crippen LogP contribution in [0.4, 0.5) is 0 Å². The number of benzene rings is 1. The maximum absolute atomic E-state index is 11.5. The van der Waals surface area contributed by atoms with Gasteiger partial charge in [0.15, 0.2) is 0 Å². The lowest BCUT2D eigenvalue weighted by Crippen LogP contribution is -2.46. The molecule has 0 radical (unpaired) electrons. The summed E-state index contributed by atoms with van der Waals surface area (Å²) in [4.78, 5) is 13.3. The maximum atomic E-state index is 11.5. The third kappa shape index (κ3) is 3.45. The van der Waals surface area contributed by atoms with Crippen LogP contribution in [0.3, 0.4) is 0 Å². The van der Waals surface area contributed by atoms with Crippen molar-refractivity contribution in [2.75, 3.05) is 25.6 Å². The van der Waals surface area contributed by atoms with Crippen molar-refractivity contribution >= 4 is 17.5 Å². The number of hydrogen-bond acceptors (Lipinski definition) is 2. The molecule has 1 fully saturated rings. The van der Waals surface area contributed by atoms with Crippen LogP contribution in [0.5, 0.6) is 0 Å². The van der Waals surface area contributed by atoms with E-state index in [1.54, 1.807) is 4.90 Å². The average molecular weight is 254 g/mol. The number of alkyl halides is 1. The largest absolute Gasteiger partial charge is 0.374 e. The van der Waals surface area contributed by atoms with Gasteiger partial charge in [0.25, 0.3) is 0 Å². The summed E-state index contributed by atoms with van der Waals surface area (Å²) in [6, 6.07) is 10.2.